The van der Waals surface area contributed by atoms with Crippen LogP contribution in [0.25, 0.3) is 33.2 Å². The molecule has 0 aliphatic heterocycles. The smallest absolute Gasteiger partial charge is 0.223 e. The molecule has 4 aromatic heterocycles. The van der Waals surface area contributed by atoms with Gasteiger partial charge in [-0.25, -0.2) is 4.98 Å². The van der Waals surface area contributed by atoms with Crippen molar-refractivity contribution in [1.82, 2.24) is 19.9 Å². The highest BCUT2D eigenvalue weighted by atomic mass is 16.5. The molecule has 0 spiro atoms. The first kappa shape index (κ1) is 13.3. The number of rotatable bonds is 4. The van der Waals surface area contributed by atoms with E-state index in [1.165, 1.54) is 0 Å². The number of hydrogen-bond donors (Lipinski definition) is 3. The monoisotopic (exact) mass is 307 g/mol. The second-order valence-corrected chi connectivity index (χ2v) is 5.02. The number of anilines is 1. The molecule has 23 heavy (non-hydrogen) atoms. The molecule has 4 rings (SSSR count). The van der Waals surface area contributed by atoms with Crippen molar-refractivity contribution in [2.45, 2.75) is 0 Å². The minimum atomic E-state index is 0.493. The van der Waals surface area contributed by atoms with E-state index in [1.54, 1.807) is 13.2 Å². The number of aromatic amines is 2. The zero-order chi connectivity index (χ0) is 15.8. The molecular weight excluding hydrogens is 294 g/mol. The first-order chi connectivity index (χ1) is 11.3. The number of methoxy groups -OCH3 is 1. The maximum absolute atomic E-state index is 10.5. The molecule has 7 nitrogen and oxygen atoms in total. The van der Waals surface area contributed by atoms with Crippen molar-refractivity contribution in [2.75, 3.05) is 12.4 Å². The van der Waals surface area contributed by atoms with Crippen LogP contribution in [0.1, 0.15) is 0 Å². The molecule has 0 saturated heterocycles. The van der Waals surface area contributed by atoms with E-state index in [-0.39, 0.29) is 0 Å². The number of nitrogens with zero attached hydrogens (tertiary/aromatic N) is 2. The summed E-state index contributed by atoms with van der Waals surface area (Å²) in [5, 5.41) is 4.47. The lowest BCUT2D eigenvalue weighted by atomic mass is 10.1. The zero-order valence-electron chi connectivity index (χ0n) is 12.3. The van der Waals surface area contributed by atoms with Crippen LogP contribution in [-0.2, 0) is 4.79 Å². The van der Waals surface area contributed by atoms with Crippen molar-refractivity contribution in [3.63, 3.8) is 0 Å². The van der Waals surface area contributed by atoms with Gasteiger partial charge in [-0.3, -0.25) is 4.79 Å². The Bertz CT molecular complexity index is 1020. The minimum absolute atomic E-state index is 0.493. The van der Waals surface area contributed by atoms with E-state index in [0.29, 0.717) is 23.8 Å². The third-order valence-electron chi connectivity index (χ3n) is 3.73. The van der Waals surface area contributed by atoms with Crippen LogP contribution in [-0.4, -0.2) is 33.5 Å². The quantitative estimate of drug-likeness (QED) is 0.505. The molecule has 0 saturated carbocycles. The number of carbonyl (C=O) groups is 1. The van der Waals surface area contributed by atoms with Gasteiger partial charge >= 0.3 is 0 Å². The number of H-pyrrole nitrogens is 2. The second-order valence-electron chi connectivity index (χ2n) is 5.02. The summed E-state index contributed by atoms with van der Waals surface area (Å²) in [6.07, 6.45) is 4.31. The summed E-state index contributed by atoms with van der Waals surface area (Å²) in [6.45, 7) is 0. The predicted molar refractivity (Wildman–Crippen MR) is 87.4 cm³/mol. The number of pyridine rings is 2. The van der Waals surface area contributed by atoms with Crippen LogP contribution >= 0.6 is 0 Å². The van der Waals surface area contributed by atoms with Crippen LogP contribution in [0.5, 0.6) is 5.88 Å². The summed E-state index contributed by atoms with van der Waals surface area (Å²) in [5.74, 6) is 1.03. The van der Waals surface area contributed by atoms with Gasteiger partial charge in [0.25, 0.3) is 0 Å². The molecule has 3 N–H and O–H groups in total. The molecule has 0 radical (unpaired) electrons. The molecule has 0 unspecified atom stereocenters. The zero-order valence-corrected chi connectivity index (χ0v) is 12.3. The van der Waals surface area contributed by atoms with E-state index in [1.807, 2.05) is 30.6 Å². The lowest BCUT2D eigenvalue weighted by Crippen LogP contribution is -1.96. The van der Waals surface area contributed by atoms with Crippen LogP contribution in [0.15, 0.2) is 36.7 Å². The minimum Gasteiger partial charge on any atom is -0.480 e. The van der Waals surface area contributed by atoms with Crippen LogP contribution in [0.2, 0.25) is 0 Å². The van der Waals surface area contributed by atoms with Gasteiger partial charge in [-0.1, -0.05) is 0 Å². The molecule has 0 fully saturated rings. The number of aromatic nitrogens is 4. The average molecular weight is 307 g/mol. The van der Waals surface area contributed by atoms with E-state index >= 15 is 0 Å². The molecule has 0 aromatic carbocycles. The van der Waals surface area contributed by atoms with E-state index in [0.717, 1.165) is 27.5 Å². The first-order valence-electron chi connectivity index (χ1n) is 7.01. The normalized spacial score (nSPS) is 11.0. The third kappa shape index (κ3) is 2.10. The Labute approximate surface area is 130 Å². The number of hydrogen-bond acceptors (Lipinski definition) is 4. The fraction of sp³-hybridized carbons (Fsp3) is 0.0625. The van der Waals surface area contributed by atoms with Gasteiger partial charge in [0.1, 0.15) is 17.1 Å². The fourth-order valence-electron chi connectivity index (χ4n) is 2.68. The summed E-state index contributed by atoms with van der Waals surface area (Å²) in [5.41, 5.74) is 3.28. The second kappa shape index (κ2) is 5.13. The third-order valence-corrected chi connectivity index (χ3v) is 3.73. The van der Waals surface area contributed by atoms with Crippen LogP contribution in [0, 0.1) is 0 Å². The van der Waals surface area contributed by atoms with Crippen molar-refractivity contribution in [1.29, 1.82) is 0 Å². The van der Waals surface area contributed by atoms with Crippen LogP contribution in [0.4, 0.5) is 5.82 Å². The first-order valence-corrected chi connectivity index (χ1v) is 7.01. The summed E-state index contributed by atoms with van der Waals surface area (Å²) in [7, 11) is 1.60. The highest BCUT2D eigenvalue weighted by Crippen LogP contribution is 2.35. The molecule has 0 atom stereocenters. The largest absolute Gasteiger partial charge is 0.480 e. The van der Waals surface area contributed by atoms with E-state index < -0.39 is 0 Å². The van der Waals surface area contributed by atoms with Gasteiger partial charge in [-0.15, -0.1) is 0 Å². The van der Waals surface area contributed by atoms with Gasteiger partial charge in [0.05, 0.1) is 7.11 Å². The van der Waals surface area contributed by atoms with E-state index in [2.05, 4.69) is 25.3 Å². The van der Waals surface area contributed by atoms with Crippen molar-refractivity contribution in [3.05, 3.63) is 36.7 Å². The Balaban J connectivity index is 1.92. The molecule has 0 aliphatic carbocycles. The van der Waals surface area contributed by atoms with Crippen molar-refractivity contribution in [2.24, 2.45) is 0 Å². The van der Waals surface area contributed by atoms with Crippen LogP contribution in [0.3, 0.4) is 0 Å². The number of amides is 1. The molecule has 4 heterocycles. The van der Waals surface area contributed by atoms with Crippen LogP contribution < -0.4 is 10.1 Å². The molecule has 114 valence electrons. The Morgan fingerprint density at radius 3 is 2.87 bits per heavy atom. The molecule has 0 aliphatic rings. The standard InChI is InChI=1S/C16H13N5O2/c1-23-16-11(6-9-4-5-17-14(9)21-16)12-7-18-15-10(12)2-3-13(20-15)19-8-22/h2-8H,1H3,(H,17,21)(H2,18,19,20,22). The molecule has 4 aromatic rings. The summed E-state index contributed by atoms with van der Waals surface area (Å²) in [6, 6.07) is 7.64. The van der Waals surface area contributed by atoms with Gasteiger partial charge < -0.3 is 20.0 Å². The van der Waals surface area contributed by atoms with E-state index in [9.17, 15) is 4.79 Å². The van der Waals surface area contributed by atoms with Gasteiger partial charge in [-0.05, 0) is 24.3 Å². The Hall–Kier alpha value is -3.35. The van der Waals surface area contributed by atoms with Crippen molar-refractivity contribution >= 4 is 34.3 Å². The highest BCUT2D eigenvalue weighted by molar-refractivity contribution is 5.98. The van der Waals surface area contributed by atoms with Gasteiger partial charge in [-0.2, -0.15) is 4.98 Å². The molecule has 0 bridgehead atoms. The average Bonchev–Trinajstić information content (AvgIpc) is 3.19. The fourth-order valence-corrected chi connectivity index (χ4v) is 2.68. The van der Waals surface area contributed by atoms with Gasteiger partial charge in [0.15, 0.2) is 0 Å². The highest BCUT2D eigenvalue weighted by Gasteiger charge is 2.15. The Morgan fingerprint density at radius 2 is 2.04 bits per heavy atom. The Kier molecular flexibility index (Phi) is 2.97. The predicted octanol–water partition coefficient (Wildman–Crippen LogP) is 2.68. The summed E-state index contributed by atoms with van der Waals surface area (Å²) < 4.78 is 5.43. The lowest BCUT2D eigenvalue weighted by molar-refractivity contribution is -0.105. The number of nitrogens with one attached hydrogen (secondary N) is 3. The molecular formula is C16H13N5O2. The van der Waals surface area contributed by atoms with E-state index in [4.69, 9.17) is 4.74 Å². The molecule has 7 heteroatoms. The Morgan fingerprint density at radius 1 is 1.13 bits per heavy atom. The SMILES string of the molecule is COc1nc2[nH]ccc2cc1-c1c[nH]c2nc(NC=O)ccc12. The maximum atomic E-state index is 10.5. The maximum Gasteiger partial charge on any atom is 0.223 e. The van der Waals surface area contributed by atoms with Gasteiger partial charge in [0, 0.05) is 34.3 Å². The topological polar surface area (TPSA) is 95.7 Å². The van der Waals surface area contributed by atoms with Crippen molar-refractivity contribution in [3.8, 4) is 17.0 Å². The van der Waals surface area contributed by atoms with Crippen molar-refractivity contribution < 1.29 is 9.53 Å². The number of ether oxygens (including phenoxy) is 1. The van der Waals surface area contributed by atoms with Gasteiger partial charge in [0.2, 0.25) is 12.3 Å². The number of fused-ring (bicyclic) bond motifs is 2. The summed E-state index contributed by atoms with van der Waals surface area (Å²) >= 11 is 0. The summed E-state index contributed by atoms with van der Waals surface area (Å²) in [4.78, 5) is 25.6. The number of carbonyl (C=O) groups excluding carboxylic acids is 1. The molecule has 1 amide bonds. The lowest BCUT2D eigenvalue weighted by Gasteiger charge is -2.07.